The molecular formula is C72H86N18O21. The van der Waals surface area contributed by atoms with Gasteiger partial charge in [-0.25, -0.2) is 40.9 Å². The standard InChI is InChI=1S/C72H86N18O21/c1-8-71(45-22-50-55-41(21-40-11-9-10-12-47(40)83-55)25-88(50)66(101)44(45)29-107-67(71)102)111-70(105)110-28-39-15-19-43(20-16-39)82-65(100)49(24-76-32-91)87-86-37(6)63(98)79-34(3)60(95)77-31-78-85-36(5)62(97)80-35(4)61(96)84-48(23-52(73)92)64(99)81-42-17-13-38(14-18-42)27-109-69(104)90-51-26-89-56-53(58(94)54(74)33(2)57(56)93)46(30-108-68(75)103)72(89,106-7)59(51)90/h9-21,32,34-37,44-46,48-51,59,78,85-87H,8,22-31,74H2,1-7H3,(H2,73,92)(H2,75,103)(H,76,91)(H,77,95)(H,79,98)(H,80,97)(H,81,99)(H,82,100)(H,84,96)/t34?,35?,36-,37-,44?,45?,46+,48+,49+,50?,51-,59?,71-,72+,90?/m0/s1. The maximum Gasteiger partial charge on any atom is 0.509 e. The van der Waals surface area contributed by atoms with Crippen LogP contribution in [-0.4, -0.2) is 209 Å². The predicted octanol–water partition coefficient (Wildman–Crippen LogP) is -1.87. The highest BCUT2D eigenvalue weighted by Crippen LogP contribution is 2.60. The number of para-hydroxylation sites is 1. The number of esters is 1. The Kier molecular flexibility index (Phi) is 24.0. The van der Waals surface area contributed by atoms with Crippen LogP contribution in [0.25, 0.3) is 10.9 Å². The van der Waals surface area contributed by atoms with E-state index in [0.29, 0.717) is 36.2 Å². The third kappa shape index (κ3) is 16.4. The molecule has 4 saturated heterocycles. The lowest BCUT2D eigenvalue weighted by Gasteiger charge is -2.49. The van der Waals surface area contributed by atoms with Gasteiger partial charge in [-0.05, 0) is 101 Å². The van der Waals surface area contributed by atoms with Gasteiger partial charge in [0.2, 0.25) is 70.8 Å². The van der Waals surface area contributed by atoms with Crippen molar-refractivity contribution in [2.45, 2.75) is 146 Å². The zero-order valence-corrected chi connectivity index (χ0v) is 61.4. The van der Waals surface area contributed by atoms with Crippen molar-refractivity contribution in [3.05, 3.63) is 124 Å². The van der Waals surface area contributed by atoms with Gasteiger partial charge in [0.25, 0.3) is 0 Å². The number of nitrogens with one attached hydrogen (secondary N) is 11. The fourth-order valence-corrected chi connectivity index (χ4v) is 14.9. The number of anilines is 2. The number of cyclic esters (lactones) is 1. The number of carbonyl (C=O) groups excluding carboxylic acids is 15. The van der Waals surface area contributed by atoms with Gasteiger partial charge in [-0.2, -0.15) is 0 Å². The molecule has 7 aliphatic rings. The van der Waals surface area contributed by atoms with Crippen molar-refractivity contribution in [3.63, 3.8) is 0 Å². The van der Waals surface area contributed by atoms with Crippen LogP contribution in [0.2, 0.25) is 0 Å². The number of amides is 11. The van der Waals surface area contributed by atoms with Crippen LogP contribution >= 0.6 is 0 Å². The van der Waals surface area contributed by atoms with Crippen molar-refractivity contribution in [2.75, 3.05) is 50.7 Å². The number of methoxy groups -OCH3 is 1. The number of rotatable bonds is 32. The molecule has 11 amide bonds. The van der Waals surface area contributed by atoms with E-state index in [1.54, 1.807) is 28.9 Å². The third-order valence-electron chi connectivity index (χ3n) is 20.8. The lowest BCUT2D eigenvalue weighted by molar-refractivity contribution is -0.206. The SMILES string of the molecule is CC[C@@]1(OC(=O)OCc2ccc(NC(=O)[C@@H](CNC=O)NN[C@@H](C)C(=O)NC(C)C(=O)NCNN[C@@H](C)C(=O)NC(C)C(=O)N[C@H](CC(N)=O)C(=O)Nc3ccc(COC(=O)N4C5[C@@H]4CN4C6=C(C(=O)C(N)=C(C)C6=O)[C@@H](COC(N)=O)[C@@]54OC)cc3)cc2)C(=O)OCC2C(=O)N3Cc4cc5ccccc5nc4C3CC21. The van der Waals surface area contributed by atoms with E-state index in [4.69, 9.17) is 50.6 Å². The number of aromatic nitrogens is 1. The van der Waals surface area contributed by atoms with Crippen molar-refractivity contribution >= 4 is 112 Å². The summed E-state index contributed by atoms with van der Waals surface area (Å²) in [6.45, 7) is 7.40. The Morgan fingerprint density at radius 2 is 1.36 bits per heavy atom. The topological polar surface area (TPSA) is 544 Å². The summed E-state index contributed by atoms with van der Waals surface area (Å²) in [4.78, 5) is 206. The number of hydrogen-bond acceptors (Lipinski definition) is 28. The number of benzene rings is 3. The first-order chi connectivity index (χ1) is 52.9. The highest BCUT2D eigenvalue weighted by molar-refractivity contribution is 6.25. The Morgan fingerprint density at radius 3 is 1.99 bits per heavy atom. The molecule has 7 heterocycles. The lowest BCUT2D eigenvalue weighted by Crippen LogP contribution is -2.62. The summed E-state index contributed by atoms with van der Waals surface area (Å²) in [6, 6.07) is 12.9. The molecule has 111 heavy (non-hydrogen) atoms. The molecule has 1 aliphatic carbocycles. The van der Waals surface area contributed by atoms with Gasteiger partial charge >= 0.3 is 24.3 Å². The number of fused-ring (bicyclic) bond motifs is 9. The van der Waals surface area contributed by atoms with Crippen molar-refractivity contribution in [1.82, 2.24) is 68.0 Å². The number of primary amides is 2. The van der Waals surface area contributed by atoms with Crippen LogP contribution in [0.3, 0.4) is 0 Å². The number of ketones is 2. The molecule has 0 spiro atoms. The molecule has 0 saturated carbocycles. The van der Waals surface area contributed by atoms with E-state index in [1.807, 2.05) is 30.3 Å². The Bertz CT molecular complexity index is 4500. The number of ether oxygens (including phenoxy) is 6. The van der Waals surface area contributed by atoms with Gasteiger partial charge in [-0.1, -0.05) is 49.4 Å². The molecule has 39 heteroatoms. The largest absolute Gasteiger partial charge is 0.509 e. The first-order valence-electron chi connectivity index (χ1n) is 35.6. The Morgan fingerprint density at radius 1 is 0.739 bits per heavy atom. The maximum atomic E-state index is 14.0. The smallest absolute Gasteiger partial charge is 0.462 e. The molecule has 0 bridgehead atoms. The molecule has 0 radical (unpaired) electrons. The van der Waals surface area contributed by atoms with Gasteiger partial charge in [0.05, 0.1) is 71.7 Å². The van der Waals surface area contributed by atoms with Gasteiger partial charge < -0.3 is 92.6 Å². The highest BCUT2D eigenvalue weighted by atomic mass is 16.7. The molecule has 11 rings (SSSR count). The van der Waals surface area contributed by atoms with Crippen LogP contribution in [0.1, 0.15) is 89.2 Å². The minimum absolute atomic E-state index is 0.00847. The Balaban J connectivity index is 0.567. The Labute approximate surface area is 633 Å². The second-order valence-corrected chi connectivity index (χ2v) is 27.7. The van der Waals surface area contributed by atoms with Crippen LogP contribution in [0.15, 0.2) is 101 Å². The summed E-state index contributed by atoms with van der Waals surface area (Å²) >= 11 is 0. The molecule has 6 unspecified atom stereocenters. The average Bonchev–Trinajstić information content (AvgIpc) is 1.48. The van der Waals surface area contributed by atoms with E-state index < -0.39 is 174 Å². The number of Topliss-reactive ketones (excluding diaryl/α,β-unsaturated/α-hetero) is 2. The number of nitrogens with two attached hydrogens (primary N) is 3. The summed E-state index contributed by atoms with van der Waals surface area (Å²) in [7, 11) is 1.34. The van der Waals surface area contributed by atoms with Crippen LogP contribution in [-0.2, 0) is 106 Å². The van der Waals surface area contributed by atoms with Crippen molar-refractivity contribution in [3.8, 4) is 0 Å². The number of hydrazine groups is 2. The van der Waals surface area contributed by atoms with Crippen LogP contribution in [0.4, 0.5) is 25.8 Å². The highest BCUT2D eigenvalue weighted by Gasteiger charge is 2.78. The van der Waals surface area contributed by atoms with Gasteiger partial charge in [-0.3, -0.25) is 62.6 Å². The number of piperidine rings is 1. The predicted molar refractivity (Wildman–Crippen MR) is 384 cm³/mol. The summed E-state index contributed by atoms with van der Waals surface area (Å²) in [5.41, 5.74) is 27.8. The number of allylic oxidation sites excluding steroid dienone is 2. The van der Waals surface area contributed by atoms with Crippen LogP contribution < -0.4 is 76.1 Å². The molecule has 14 atom stereocenters. The van der Waals surface area contributed by atoms with E-state index in [1.165, 1.54) is 83.0 Å². The molecule has 3 aromatic carbocycles. The molecule has 4 fully saturated rings. The average molecular weight is 1540 g/mol. The van der Waals surface area contributed by atoms with E-state index in [0.717, 1.165) is 22.2 Å². The van der Waals surface area contributed by atoms with Crippen LogP contribution in [0, 0.1) is 17.8 Å². The summed E-state index contributed by atoms with van der Waals surface area (Å²) in [6.07, 6.45) is -3.02. The second kappa shape index (κ2) is 33.3. The molecule has 6 aliphatic heterocycles. The monoisotopic (exact) mass is 1540 g/mol. The van der Waals surface area contributed by atoms with E-state index in [-0.39, 0.29) is 80.1 Å². The maximum absolute atomic E-state index is 14.0. The van der Waals surface area contributed by atoms with Crippen molar-refractivity contribution < 1.29 is 100 Å². The van der Waals surface area contributed by atoms with Crippen LogP contribution in [0.5, 0.6) is 0 Å². The minimum atomic E-state index is -1.82. The summed E-state index contributed by atoms with van der Waals surface area (Å²) < 4.78 is 33.7. The summed E-state index contributed by atoms with van der Waals surface area (Å²) in [5, 5.41) is 18.6. The van der Waals surface area contributed by atoms with Gasteiger partial charge in [0.1, 0.15) is 56.6 Å². The lowest BCUT2D eigenvalue weighted by atomic mass is 9.68. The first kappa shape index (κ1) is 79.8. The Hall–Kier alpha value is -12.2. The second-order valence-electron chi connectivity index (χ2n) is 27.7. The van der Waals surface area contributed by atoms with E-state index in [9.17, 15) is 71.9 Å². The molecular weight excluding hydrogens is 1450 g/mol. The summed E-state index contributed by atoms with van der Waals surface area (Å²) in [5.74, 6) is -10.0. The number of carbonyl (C=O) groups is 15. The number of pyridine rings is 1. The number of hydrogen-bond donors (Lipinski definition) is 14. The molecule has 4 aromatic rings. The number of nitrogens with zero attached hydrogens (tertiary/aromatic N) is 4. The molecule has 17 N–H and O–H groups in total. The van der Waals surface area contributed by atoms with E-state index in [2.05, 4.69) is 58.9 Å². The normalized spacial score (nSPS) is 23.4. The fourth-order valence-electron chi connectivity index (χ4n) is 14.9. The molecule has 1 aromatic heterocycles. The zero-order valence-electron chi connectivity index (χ0n) is 61.4. The van der Waals surface area contributed by atoms with Gasteiger partial charge in [0.15, 0.2) is 5.72 Å². The zero-order chi connectivity index (χ0) is 80.1. The quantitative estimate of drug-likeness (QED) is 0.00372. The molecule has 39 nitrogen and oxygen atoms in total. The third-order valence-corrected chi connectivity index (χ3v) is 20.8. The van der Waals surface area contributed by atoms with Crippen molar-refractivity contribution in [1.29, 1.82) is 0 Å². The number of piperazine rings is 1. The minimum Gasteiger partial charge on any atom is -0.462 e. The molecule has 590 valence electrons. The van der Waals surface area contributed by atoms with E-state index >= 15 is 0 Å². The van der Waals surface area contributed by atoms with Crippen molar-refractivity contribution in [2.24, 2.45) is 35.0 Å². The first-order valence-corrected chi connectivity index (χ1v) is 35.6. The fraction of sp³-hybridized carbons (Fsp3) is 0.444. The van der Waals surface area contributed by atoms with Gasteiger partial charge in [-0.15, -0.1) is 0 Å². The van der Waals surface area contributed by atoms with Gasteiger partial charge in [0, 0.05) is 60.6 Å².